The van der Waals surface area contributed by atoms with Crippen molar-refractivity contribution in [2.24, 2.45) is 4.99 Å². The van der Waals surface area contributed by atoms with E-state index in [1.165, 1.54) is 0 Å². The number of rotatable bonds is 7. The lowest BCUT2D eigenvalue weighted by Crippen LogP contribution is -2.36. The number of carbonyl (C=O) groups is 1. The van der Waals surface area contributed by atoms with Crippen molar-refractivity contribution < 1.29 is 9.53 Å². The van der Waals surface area contributed by atoms with Gasteiger partial charge in [0.1, 0.15) is 5.75 Å². The summed E-state index contributed by atoms with van der Waals surface area (Å²) >= 11 is 0. The monoisotopic (exact) mass is 510 g/mol. The average molecular weight is 510 g/mol. The van der Waals surface area contributed by atoms with Crippen molar-refractivity contribution in [2.45, 2.75) is 40.0 Å². The van der Waals surface area contributed by atoms with Crippen LogP contribution in [0.4, 0.5) is 0 Å². The van der Waals surface area contributed by atoms with Crippen molar-refractivity contribution in [1.82, 2.24) is 16.0 Å². The smallest absolute Gasteiger partial charge is 0.251 e. The topological polar surface area (TPSA) is 74.8 Å². The summed E-state index contributed by atoms with van der Waals surface area (Å²) in [6, 6.07) is 13.7. The number of aryl methyl sites for hydroxylation is 1. The maximum absolute atomic E-state index is 11.8. The summed E-state index contributed by atoms with van der Waals surface area (Å²) < 4.78 is 5.93. The van der Waals surface area contributed by atoms with E-state index >= 15 is 0 Å². The van der Waals surface area contributed by atoms with Crippen LogP contribution in [-0.4, -0.2) is 32.1 Å². The van der Waals surface area contributed by atoms with Crippen LogP contribution in [-0.2, 0) is 13.1 Å². The third-order valence-corrected chi connectivity index (χ3v) is 4.13. The van der Waals surface area contributed by atoms with E-state index in [9.17, 15) is 4.79 Å². The first-order valence-electron chi connectivity index (χ1n) is 9.44. The number of carbonyl (C=O) groups excluding carboxylic acids is 1. The number of amides is 1. The SMILES string of the molecule is CN=C(NCc1cccc(C(=O)NC)c1)NCc1ccc(C)cc1OC(C)C.I. The van der Waals surface area contributed by atoms with Crippen molar-refractivity contribution in [3.8, 4) is 5.75 Å². The number of aliphatic imine (C=N–C) groups is 1. The van der Waals surface area contributed by atoms with Crippen LogP contribution in [0, 0.1) is 6.92 Å². The van der Waals surface area contributed by atoms with Crippen molar-refractivity contribution in [3.63, 3.8) is 0 Å². The third-order valence-electron chi connectivity index (χ3n) is 4.13. The predicted octanol–water partition coefficient (Wildman–Crippen LogP) is 3.63. The molecule has 0 saturated carbocycles. The molecule has 0 saturated heterocycles. The molecule has 0 aromatic heterocycles. The first-order valence-corrected chi connectivity index (χ1v) is 9.44. The molecule has 0 fully saturated rings. The Hall–Kier alpha value is -2.29. The van der Waals surface area contributed by atoms with Gasteiger partial charge in [-0.3, -0.25) is 9.79 Å². The Kier molecular flexibility index (Phi) is 10.5. The lowest BCUT2D eigenvalue weighted by molar-refractivity contribution is 0.0963. The molecular weight excluding hydrogens is 479 g/mol. The Morgan fingerprint density at radius 2 is 1.83 bits per heavy atom. The zero-order valence-corrected chi connectivity index (χ0v) is 20.0. The van der Waals surface area contributed by atoms with Gasteiger partial charge >= 0.3 is 0 Å². The Balaban J connectivity index is 0.00000420. The van der Waals surface area contributed by atoms with E-state index in [1.807, 2.05) is 32.0 Å². The molecule has 7 heteroatoms. The summed E-state index contributed by atoms with van der Waals surface area (Å²) in [5.74, 6) is 1.47. The fourth-order valence-electron chi connectivity index (χ4n) is 2.72. The molecule has 0 unspecified atom stereocenters. The molecule has 0 atom stereocenters. The molecule has 0 aliphatic rings. The van der Waals surface area contributed by atoms with E-state index in [-0.39, 0.29) is 36.0 Å². The van der Waals surface area contributed by atoms with Crippen LogP contribution in [0.1, 0.15) is 40.9 Å². The highest BCUT2D eigenvalue weighted by molar-refractivity contribution is 14.0. The summed E-state index contributed by atoms with van der Waals surface area (Å²) in [6.45, 7) is 7.26. The molecule has 2 rings (SSSR count). The summed E-state index contributed by atoms with van der Waals surface area (Å²) in [6.07, 6.45) is 0.116. The Labute approximate surface area is 190 Å². The van der Waals surface area contributed by atoms with Gasteiger partial charge in [-0.25, -0.2) is 0 Å². The third kappa shape index (κ3) is 7.92. The summed E-state index contributed by atoms with van der Waals surface area (Å²) in [5.41, 5.74) is 3.88. The number of halogens is 1. The molecule has 6 nitrogen and oxygen atoms in total. The van der Waals surface area contributed by atoms with Gasteiger partial charge in [-0.05, 0) is 50.1 Å². The summed E-state index contributed by atoms with van der Waals surface area (Å²) in [5, 5.41) is 9.23. The molecule has 0 aliphatic heterocycles. The van der Waals surface area contributed by atoms with Gasteiger partial charge in [-0.15, -0.1) is 24.0 Å². The lowest BCUT2D eigenvalue weighted by Gasteiger charge is -2.17. The first-order chi connectivity index (χ1) is 13.4. The van der Waals surface area contributed by atoms with Crippen LogP contribution < -0.4 is 20.7 Å². The largest absolute Gasteiger partial charge is 0.491 e. The maximum atomic E-state index is 11.8. The molecule has 0 heterocycles. The minimum absolute atomic E-state index is 0. The van der Waals surface area contributed by atoms with Crippen LogP contribution in [0.2, 0.25) is 0 Å². The Bertz CT molecular complexity index is 837. The molecule has 2 aromatic rings. The van der Waals surface area contributed by atoms with Crippen LogP contribution in [0.25, 0.3) is 0 Å². The van der Waals surface area contributed by atoms with E-state index in [4.69, 9.17) is 4.74 Å². The first kappa shape index (κ1) is 24.7. The van der Waals surface area contributed by atoms with Gasteiger partial charge in [-0.1, -0.05) is 24.3 Å². The molecule has 2 aromatic carbocycles. The second kappa shape index (κ2) is 12.3. The van der Waals surface area contributed by atoms with Crippen molar-refractivity contribution >= 4 is 35.8 Å². The molecule has 0 bridgehead atoms. The molecule has 3 N–H and O–H groups in total. The Morgan fingerprint density at radius 3 is 2.48 bits per heavy atom. The van der Waals surface area contributed by atoms with Crippen molar-refractivity contribution in [3.05, 3.63) is 64.7 Å². The second-order valence-electron chi connectivity index (χ2n) is 6.84. The number of hydrogen-bond acceptors (Lipinski definition) is 3. The highest BCUT2D eigenvalue weighted by Gasteiger charge is 2.08. The molecule has 0 radical (unpaired) electrons. The number of ether oxygens (including phenoxy) is 1. The second-order valence-corrected chi connectivity index (χ2v) is 6.84. The minimum atomic E-state index is -0.0959. The van der Waals surface area contributed by atoms with Crippen LogP contribution in [0.3, 0.4) is 0 Å². The van der Waals surface area contributed by atoms with Crippen LogP contribution in [0.5, 0.6) is 5.75 Å². The molecule has 1 amide bonds. The standard InChI is InChI=1S/C22H30N4O2.HI/c1-15(2)28-20-11-16(3)9-10-19(20)14-26-22(24-5)25-13-17-7-6-8-18(12-17)21(27)23-4;/h6-12,15H,13-14H2,1-5H3,(H,23,27)(H2,24,25,26);1H. The number of guanidine groups is 1. The van der Waals surface area contributed by atoms with E-state index in [0.717, 1.165) is 22.4 Å². The number of nitrogens with one attached hydrogen (secondary N) is 3. The van der Waals surface area contributed by atoms with E-state index < -0.39 is 0 Å². The number of nitrogens with zero attached hydrogens (tertiary/aromatic N) is 1. The van der Waals surface area contributed by atoms with Crippen LogP contribution in [0.15, 0.2) is 47.5 Å². The molecule has 158 valence electrons. The summed E-state index contributed by atoms with van der Waals surface area (Å²) in [7, 11) is 3.36. The fourth-order valence-corrected chi connectivity index (χ4v) is 2.72. The highest BCUT2D eigenvalue weighted by Crippen LogP contribution is 2.21. The molecule has 0 aliphatic carbocycles. The lowest BCUT2D eigenvalue weighted by atomic mass is 10.1. The van der Waals surface area contributed by atoms with E-state index in [1.54, 1.807) is 20.2 Å². The predicted molar refractivity (Wildman–Crippen MR) is 129 cm³/mol. The highest BCUT2D eigenvalue weighted by atomic mass is 127. The number of benzene rings is 2. The van der Waals surface area contributed by atoms with Gasteiger partial charge in [-0.2, -0.15) is 0 Å². The quantitative estimate of drug-likeness (QED) is 0.302. The molecular formula is C22H31IN4O2. The average Bonchev–Trinajstić information content (AvgIpc) is 2.68. The van der Waals surface area contributed by atoms with Gasteiger partial charge in [0, 0.05) is 38.3 Å². The molecule has 29 heavy (non-hydrogen) atoms. The van der Waals surface area contributed by atoms with Gasteiger partial charge in [0.2, 0.25) is 0 Å². The van der Waals surface area contributed by atoms with Crippen molar-refractivity contribution in [1.29, 1.82) is 0 Å². The van der Waals surface area contributed by atoms with E-state index in [2.05, 4.69) is 46.1 Å². The van der Waals surface area contributed by atoms with Gasteiger partial charge in [0.25, 0.3) is 5.91 Å². The van der Waals surface area contributed by atoms with Crippen molar-refractivity contribution in [2.75, 3.05) is 14.1 Å². The minimum Gasteiger partial charge on any atom is -0.491 e. The maximum Gasteiger partial charge on any atom is 0.251 e. The normalized spacial score (nSPS) is 10.9. The zero-order valence-electron chi connectivity index (χ0n) is 17.7. The van der Waals surface area contributed by atoms with Gasteiger partial charge < -0.3 is 20.7 Å². The molecule has 0 spiro atoms. The fraction of sp³-hybridized carbons (Fsp3) is 0.364. The van der Waals surface area contributed by atoms with Gasteiger partial charge in [0.05, 0.1) is 6.10 Å². The number of hydrogen-bond donors (Lipinski definition) is 3. The zero-order chi connectivity index (χ0) is 20.5. The van der Waals surface area contributed by atoms with Crippen LogP contribution >= 0.6 is 24.0 Å². The van der Waals surface area contributed by atoms with Gasteiger partial charge in [0.15, 0.2) is 5.96 Å². The van der Waals surface area contributed by atoms with E-state index in [0.29, 0.717) is 24.6 Å². The Morgan fingerprint density at radius 1 is 1.10 bits per heavy atom. The summed E-state index contributed by atoms with van der Waals surface area (Å²) in [4.78, 5) is 16.0.